The molecule has 1 rings (SSSR count). The van der Waals surface area contributed by atoms with Crippen molar-refractivity contribution in [3.8, 4) is 0 Å². The third-order valence-corrected chi connectivity index (χ3v) is 2.56. The Labute approximate surface area is 98.9 Å². The average molecular weight is 323 g/mol. The number of benzene rings is 1. The van der Waals surface area contributed by atoms with Crippen LogP contribution in [0.3, 0.4) is 0 Å². The van der Waals surface area contributed by atoms with Gasteiger partial charge in [0.2, 0.25) is 0 Å². The van der Waals surface area contributed by atoms with Crippen molar-refractivity contribution in [2.45, 2.75) is 18.2 Å². The van der Waals surface area contributed by atoms with Crippen LogP contribution >= 0.6 is 31.9 Å². The van der Waals surface area contributed by atoms with E-state index in [2.05, 4.69) is 31.9 Å². The van der Waals surface area contributed by atoms with E-state index in [4.69, 9.17) is 0 Å². The zero-order valence-corrected chi connectivity index (χ0v) is 10.7. The Bertz CT molecular complexity index is 353. The van der Waals surface area contributed by atoms with Crippen LogP contribution in [-0.4, -0.2) is 9.75 Å². The van der Waals surface area contributed by atoms with Crippen molar-refractivity contribution in [2.75, 3.05) is 0 Å². The first-order valence-electron chi connectivity index (χ1n) is 4.07. The number of nitrogens with zero attached hydrogens (tertiary/aromatic N) is 1. The lowest BCUT2D eigenvalue weighted by Gasteiger charge is -2.04. The lowest BCUT2D eigenvalue weighted by molar-refractivity contribution is -0.385. The van der Waals surface area contributed by atoms with Crippen molar-refractivity contribution >= 4 is 37.5 Å². The summed E-state index contributed by atoms with van der Waals surface area (Å²) in [6.45, 7) is 1.96. The van der Waals surface area contributed by atoms with Gasteiger partial charge >= 0.3 is 0 Å². The molecule has 1 unspecified atom stereocenters. The molecule has 0 aliphatic rings. The normalized spacial score (nSPS) is 12.5. The van der Waals surface area contributed by atoms with Gasteiger partial charge in [0.1, 0.15) is 0 Å². The predicted molar refractivity (Wildman–Crippen MR) is 62.9 cm³/mol. The van der Waals surface area contributed by atoms with Crippen LogP contribution in [0.4, 0.5) is 5.69 Å². The van der Waals surface area contributed by atoms with Crippen LogP contribution in [0, 0.1) is 10.1 Å². The number of halogens is 2. The highest BCUT2D eigenvalue weighted by atomic mass is 79.9. The van der Waals surface area contributed by atoms with E-state index < -0.39 is 0 Å². The summed E-state index contributed by atoms with van der Waals surface area (Å²) in [6, 6.07) is 5.13. The number of alkyl halides is 1. The summed E-state index contributed by atoms with van der Waals surface area (Å²) in [5.41, 5.74) is 0.924. The molecule has 5 heteroatoms. The first kappa shape index (κ1) is 11.7. The molecule has 0 radical (unpaired) electrons. The van der Waals surface area contributed by atoms with Crippen molar-refractivity contribution < 1.29 is 4.92 Å². The van der Waals surface area contributed by atoms with Crippen LogP contribution in [0.2, 0.25) is 0 Å². The quantitative estimate of drug-likeness (QED) is 0.484. The number of nitro groups is 1. The molecule has 0 bridgehead atoms. The maximum Gasteiger partial charge on any atom is 0.273 e. The second-order valence-electron chi connectivity index (χ2n) is 3.02. The Morgan fingerprint density at radius 2 is 2.21 bits per heavy atom. The van der Waals surface area contributed by atoms with Gasteiger partial charge in [-0.25, -0.2) is 0 Å². The second-order valence-corrected chi connectivity index (χ2v) is 5.49. The van der Waals surface area contributed by atoms with Gasteiger partial charge in [0.25, 0.3) is 5.69 Å². The number of hydrogen-bond donors (Lipinski definition) is 0. The molecule has 1 aromatic carbocycles. The van der Waals surface area contributed by atoms with Crippen molar-refractivity contribution in [3.05, 3.63) is 38.3 Å². The van der Waals surface area contributed by atoms with Gasteiger partial charge in [0, 0.05) is 20.9 Å². The Hall–Kier alpha value is -0.420. The van der Waals surface area contributed by atoms with Gasteiger partial charge in [-0.3, -0.25) is 10.1 Å². The topological polar surface area (TPSA) is 43.1 Å². The first-order chi connectivity index (χ1) is 6.50. The van der Waals surface area contributed by atoms with Crippen LogP contribution in [-0.2, 0) is 6.42 Å². The zero-order chi connectivity index (χ0) is 10.7. The molecule has 0 saturated heterocycles. The highest BCUT2D eigenvalue weighted by Gasteiger charge is 2.14. The molecular weight excluding hydrogens is 314 g/mol. The van der Waals surface area contributed by atoms with Crippen LogP contribution in [0.15, 0.2) is 22.7 Å². The van der Waals surface area contributed by atoms with Crippen LogP contribution in [0.1, 0.15) is 12.5 Å². The molecule has 0 N–H and O–H groups in total. The molecule has 0 aliphatic carbocycles. The highest BCUT2D eigenvalue weighted by molar-refractivity contribution is 9.10. The summed E-state index contributed by atoms with van der Waals surface area (Å²) in [5, 5.41) is 10.7. The molecule has 76 valence electrons. The Kier molecular flexibility index (Phi) is 4.07. The van der Waals surface area contributed by atoms with E-state index in [0.29, 0.717) is 6.42 Å². The van der Waals surface area contributed by atoms with Crippen molar-refractivity contribution in [1.29, 1.82) is 0 Å². The van der Waals surface area contributed by atoms with Crippen LogP contribution < -0.4 is 0 Å². The molecule has 0 heterocycles. The fraction of sp³-hybridized carbons (Fsp3) is 0.333. The molecule has 0 amide bonds. The molecule has 0 saturated carbocycles. The Morgan fingerprint density at radius 1 is 1.57 bits per heavy atom. The van der Waals surface area contributed by atoms with Gasteiger partial charge in [0.15, 0.2) is 0 Å². The Balaban J connectivity index is 3.08. The van der Waals surface area contributed by atoms with Crippen molar-refractivity contribution in [1.82, 2.24) is 0 Å². The summed E-state index contributed by atoms with van der Waals surface area (Å²) in [4.78, 5) is 10.6. The number of hydrogen-bond acceptors (Lipinski definition) is 2. The molecule has 1 atom stereocenters. The minimum Gasteiger partial charge on any atom is -0.258 e. The van der Waals surface area contributed by atoms with E-state index in [1.54, 1.807) is 6.07 Å². The lowest BCUT2D eigenvalue weighted by Crippen LogP contribution is -2.01. The smallest absolute Gasteiger partial charge is 0.258 e. The van der Waals surface area contributed by atoms with Gasteiger partial charge in [-0.1, -0.05) is 44.8 Å². The molecule has 0 aliphatic heterocycles. The summed E-state index contributed by atoms with van der Waals surface area (Å²) < 4.78 is 0.732. The van der Waals surface area contributed by atoms with Gasteiger partial charge in [0.05, 0.1) is 4.92 Å². The summed E-state index contributed by atoms with van der Waals surface area (Å²) >= 11 is 6.59. The monoisotopic (exact) mass is 321 g/mol. The van der Waals surface area contributed by atoms with E-state index in [9.17, 15) is 10.1 Å². The highest BCUT2D eigenvalue weighted by Crippen LogP contribution is 2.25. The molecule has 1 aromatic rings. The molecular formula is C9H9Br2NO2. The molecule has 14 heavy (non-hydrogen) atoms. The van der Waals surface area contributed by atoms with E-state index in [0.717, 1.165) is 10.0 Å². The molecule has 0 aromatic heterocycles. The average Bonchev–Trinajstić information content (AvgIpc) is 2.07. The minimum absolute atomic E-state index is 0.172. The maximum atomic E-state index is 10.7. The number of nitro benzene ring substituents is 1. The summed E-state index contributed by atoms with van der Waals surface area (Å²) in [7, 11) is 0. The fourth-order valence-electron chi connectivity index (χ4n) is 1.18. The first-order valence-corrected chi connectivity index (χ1v) is 5.78. The van der Waals surface area contributed by atoms with Gasteiger partial charge in [-0.2, -0.15) is 0 Å². The van der Waals surface area contributed by atoms with Crippen molar-refractivity contribution in [2.24, 2.45) is 0 Å². The van der Waals surface area contributed by atoms with E-state index in [1.165, 1.54) is 6.07 Å². The number of rotatable bonds is 3. The minimum atomic E-state index is -0.352. The van der Waals surface area contributed by atoms with E-state index >= 15 is 0 Å². The van der Waals surface area contributed by atoms with Crippen LogP contribution in [0.5, 0.6) is 0 Å². The molecule has 3 nitrogen and oxygen atoms in total. The third-order valence-electron chi connectivity index (χ3n) is 1.75. The molecule has 0 fully saturated rings. The van der Waals surface area contributed by atoms with E-state index in [-0.39, 0.29) is 15.4 Å². The standard InChI is InChI=1S/C9H9Br2NO2/c1-6(10)4-7-2-3-8(11)5-9(7)12(13)14/h2-3,5-6H,4H2,1H3. The summed E-state index contributed by atoms with van der Waals surface area (Å²) in [6.07, 6.45) is 0.656. The predicted octanol–water partition coefficient (Wildman–Crippen LogP) is 3.68. The lowest BCUT2D eigenvalue weighted by atomic mass is 10.1. The molecule has 0 spiro atoms. The van der Waals surface area contributed by atoms with E-state index in [1.807, 2.05) is 13.0 Å². The largest absolute Gasteiger partial charge is 0.273 e. The third kappa shape index (κ3) is 3.06. The van der Waals surface area contributed by atoms with Gasteiger partial charge < -0.3 is 0 Å². The summed E-state index contributed by atoms with van der Waals surface area (Å²) in [5.74, 6) is 0. The van der Waals surface area contributed by atoms with Crippen LogP contribution in [0.25, 0.3) is 0 Å². The van der Waals surface area contributed by atoms with Gasteiger partial charge in [-0.05, 0) is 12.5 Å². The zero-order valence-electron chi connectivity index (χ0n) is 7.54. The Morgan fingerprint density at radius 3 is 2.71 bits per heavy atom. The van der Waals surface area contributed by atoms with Gasteiger partial charge in [-0.15, -0.1) is 0 Å². The fourth-order valence-corrected chi connectivity index (χ4v) is 1.88. The van der Waals surface area contributed by atoms with Crippen molar-refractivity contribution in [3.63, 3.8) is 0 Å². The SMILES string of the molecule is CC(Br)Cc1ccc(Br)cc1[N+](=O)[O-]. The second kappa shape index (κ2) is 4.89. The maximum absolute atomic E-state index is 10.7.